The van der Waals surface area contributed by atoms with Gasteiger partial charge in [-0.05, 0) is 55.8 Å². The lowest BCUT2D eigenvalue weighted by Crippen LogP contribution is -2.43. The van der Waals surface area contributed by atoms with Gasteiger partial charge in [0.25, 0.3) is 0 Å². The Balaban J connectivity index is 1.73. The molecule has 4 aliphatic rings. The molecule has 4 aliphatic carbocycles. The van der Waals surface area contributed by atoms with Crippen LogP contribution in [-0.2, 0) is 0 Å². The van der Waals surface area contributed by atoms with Crippen molar-refractivity contribution in [3.63, 3.8) is 0 Å². The summed E-state index contributed by atoms with van der Waals surface area (Å²) in [6.45, 7) is 0. The zero-order valence-corrected chi connectivity index (χ0v) is 10.5. The third kappa shape index (κ3) is 1.38. The highest BCUT2D eigenvalue weighted by atomic mass is 35.5. The molecular weight excluding hydrogens is 236 g/mol. The van der Waals surface area contributed by atoms with Crippen molar-refractivity contribution in [2.75, 3.05) is 5.73 Å². The van der Waals surface area contributed by atoms with Gasteiger partial charge in [-0.2, -0.15) is 0 Å². The van der Waals surface area contributed by atoms with E-state index in [4.69, 9.17) is 21.9 Å². The van der Waals surface area contributed by atoms with Gasteiger partial charge in [-0.1, -0.05) is 16.8 Å². The fourth-order valence-corrected chi connectivity index (χ4v) is 5.06. The summed E-state index contributed by atoms with van der Waals surface area (Å²) in [6.07, 6.45) is 6.89. The minimum Gasteiger partial charge on any atom is -0.380 e. The predicted octanol–water partition coefficient (Wildman–Crippen LogP) is 3.45. The quantitative estimate of drug-likeness (QED) is 0.833. The molecule has 0 amide bonds. The minimum atomic E-state index is 0.357. The molecule has 0 unspecified atom stereocenters. The number of nitrogens with two attached hydrogens (primary N) is 1. The molecule has 0 aliphatic heterocycles. The molecule has 0 radical (unpaired) electrons. The summed E-state index contributed by atoms with van der Waals surface area (Å²) in [4.78, 5) is 0. The zero-order chi connectivity index (χ0) is 11.6. The van der Waals surface area contributed by atoms with Gasteiger partial charge in [0.1, 0.15) is 5.02 Å². The SMILES string of the molecule is Nc1noc(C2C3CC4CC(C3)CC2C4)c1Cl. The molecule has 1 aromatic heterocycles. The topological polar surface area (TPSA) is 52.0 Å². The van der Waals surface area contributed by atoms with Crippen LogP contribution in [0.4, 0.5) is 5.82 Å². The Kier molecular flexibility index (Phi) is 2.05. The normalized spacial score (nSPS) is 43.2. The molecule has 17 heavy (non-hydrogen) atoms. The lowest BCUT2D eigenvalue weighted by atomic mass is 9.51. The first-order valence-corrected chi connectivity index (χ1v) is 7.00. The van der Waals surface area contributed by atoms with E-state index < -0.39 is 0 Å². The molecule has 2 N–H and O–H groups in total. The largest absolute Gasteiger partial charge is 0.380 e. The Morgan fingerprint density at radius 3 is 2.12 bits per heavy atom. The number of hydrogen-bond donors (Lipinski definition) is 1. The highest BCUT2D eigenvalue weighted by Gasteiger charge is 2.50. The van der Waals surface area contributed by atoms with Gasteiger partial charge in [-0.3, -0.25) is 0 Å². The highest BCUT2D eigenvalue weighted by molar-refractivity contribution is 6.33. The standard InChI is InChI=1S/C13H17ClN2O/c14-11-12(17-16-13(11)15)10-8-2-6-1-7(4-8)5-9(10)3-6/h6-10H,1-5H2,(H2,15,16). The fraction of sp³-hybridized carbons (Fsp3) is 0.769. The number of aromatic nitrogens is 1. The van der Waals surface area contributed by atoms with Crippen LogP contribution < -0.4 is 5.73 Å². The summed E-state index contributed by atoms with van der Waals surface area (Å²) in [6, 6.07) is 0. The van der Waals surface area contributed by atoms with Crippen LogP contribution in [0.3, 0.4) is 0 Å². The average molecular weight is 253 g/mol. The van der Waals surface area contributed by atoms with Gasteiger partial charge in [0.2, 0.25) is 0 Å². The summed E-state index contributed by atoms with van der Waals surface area (Å²) in [5, 5.41) is 4.39. The van der Waals surface area contributed by atoms with E-state index in [1.807, 2.05) is 0 Å². The lowest BCUT2D eigenvalue weighted by Gasteiger charge is -2.53. The van der Waals surface area contributed by atoms with Crippen LogP contribution in [0.2, 0.25) is 5.02 Å². The number of halogens is 1. The smallest absolute Gasteiger partial charge is 0.186 e. The average Bonchev–Trinajstić information content (AvgIpc) is 2.60. The number of rotatable bonds is 1. The van der Waals surface area contributed by atoms with E-state index in [0.29, 0.717) is 16.8 Å². The van der Waals surface area contributed by atoms with Crippen LogP contribution in [0, 0.1) is 23.7 Å². The number of nitrogen functional groups attached to an aromatic ring is 1. The molecule has 0 spiro atoms. The van der Waals surface area contributed by atoms with E-state index >= 15 is 0 Å². The van der Waals surface area contributed by atoms with Gasteiger partial charge >= 0.3 is 0 Å². The molecular formula is C13H17ClN2O. The predicted molar refractivity (Wildman–Crippen MR) is 65.7 cm³/mol. The van der Waals surface area contributed by atoms with E-state index in [2.05, 4.69) is 5.16 Å². The monoisotopic (exact) mass is 252 g/mol. The molecule has 0 atom stereocenters. The summed E-state index contributed by atoms with van der Waals surface area (Å²) >= 11 is 6.22. The molecule has 5 rings (SSSR count). The molecule has 4 heteroatoms. The molecule has 3 nitrogen and oxygen atoms in total. The molecule has 1 aromatic rings. The van der Waals surface area contributed by atoms with Crippen molar-refractivity contribution in [1.29, 1.82) is 0 Å². The Morgan fingerprint density at radius 2 is 1.65 bits per heavy atom. The second-order valence-corrected chi connectivity index (χ2v) is 6.58. The van der Waals surface area contributed by atoms with Crippen molar-refractivity contribution in [3.05, 3.63) is 10.8 Å². The van der Waals surface area contributed by atoms with Gasteiger partial charge in [0, 0.05) is 5.92 Å². The molecule has 4 bridgehead atoms. The van der Waals surface area contributed by atoms with E-state index in [1.165, 1.54) is 32.1 Å². The molecule has 1 heterocycles. The Morgan fingerprint density at radius 1 is 1.06 bits per heavy atom. The van der Waals surface area contributed by atoms with Crippen LogP contribution in [0.15, 0.2) is 4.52 Å². The number of anilines is 1. The minimum absolute atomic E-state index is 0.357. The summed E-state index contributed by atoms with van der Waals surface area (Å²) in [5.74, 6) is 5.17. The van der Waals surface area contributed by atoms with Crippen molar-refractivity contribution in [2.45, 2.75) is 38.0 Å². The van der Waals surface area contributed by atoms with Crippen LogP contribution in [0.5, 0.6) is 0 Å². The molecule has 0 saturated heterocycles. The summed E-state index contributed by atoms with van der Waals surface area (Å²) < 4.78 is 5.41. The van der Waals surface area contributed by atoms with Crippen molar-refractivity contribution in [1.82, 2.24) is 5.16 Å². The van der Waals surface area contributed by atoms with Crippen LogP contribution in [0.1, 0.15) is 43.8 Å². The highest BCUT2D eigenvalue weighted by Crippen LogP contribution is 2.60. The maximum atomic E-state index is 6.22. The first kappa shape index (κ1) is 10.2. The third-order valence-electron chi connectivity index (χ3n) is 5.21. The van der Waals surface area contributed by atoms with Crippen LogP contribution >= 0.6 is 11.6 Å². The molecule has 0 aromatic carbocycles. The van der Waals surface area contributed by atoms with Crippen molar-refractivity contribution in [3.8, 4) is 0 Å². The van der Waals surface area contributed by atoms with Crippen molar-refractivity contribution >= 4 is 17.4 Å². The maximum absolute atomic E-state index is 6.22. The Bertz CT molecular complexity index is 428. The first-order valence-electron chi connectivity index (χ1n) is 6.63. The van der Waals surface area contributed by atoms with E-state index in [1.54, 1.807) is 0 Å². The number of hydrogen-bond acceptors (Lipinski definition) is 3. The second kappa shape index (κ2) is 3.41. The van der Waals surface area contributed by atoms with Gasteiger partial charge < -0.3 is 10.3 Å². The zero-order valence-electron chi connectivity index (χ0n) is 9.73. The summed E-state index contributed by atoms with van der Waals surface area (Å²) in [7, 11) is 0. The van der Waals surface area contributed by atoms with E-state index in [-0.39, 0.29) is 0 Å². The van der Waals surface area contributed by atoms with Gasteiger partial charge in [0.15, 0.2) is 11.6 Å². The van der Waals surface area contributed by atoms with Gasteiger partial charge in [-0.25, -0.2) is 0 Å². The van der Waals surface area contributed by atoms with Crippen LogP contribution in [-0.4, -0.2) is 5.16 Å². The van der Waals surface area contributed by atoms with E-state index in [9.17, 15) is 0 Å². The van der Waals surface area contributed by atoms with Gasteiger partial charge in [0.05, 0.1) is 0 Å². The van der Waals surface area contributed by atoms with Gasteiger partial charge in [-0.15, -0.1) is 0 Å². The fourth-order valence-electron chi connectivity index (χ4n) is 4.87. The van der Waals surface area contributed by atoms with Crippen LogP contribution in [0.25, 0.3) is 0 Å². The van der Waals surface area contributed by atoms with Crippen molar-refractivity contribution in [2.24, 2.45) is 23.7 Å². The second-order valence-electron chi connectivity index (χ2n) is 6.20. The number of nitrogens with zero attached hydrogens (tertiary/aromatic N) is 1. The molecule has 92 valence electrons. The summed E-state index contributed by atoms with van der Waals surface area (Å²) in [5.41, 5.74) is 5.70. The third-order valence-corrected chi connectivity index (χ3v) is 5.59. The maximum Gasteiger partial charge on any atom is 0.186 e. The first-order chi connectivity index (χ1) is 8.22. The van der Waals surface area contributed by atoms with Crippen molar-refractivity contribution < 1.29 is 4.52 Å². The molecule has 4 saturated carbocycles. The molecule has 4 fully saturated rings. The van der Waals surface area contributed by atoms with E-state index in [0.717, 1.165) is 29.4 Å². The lowest BCUT2D eigenvalue weighted by molar-refractivity contribution is -0.0113. The Labute approximate surface area is 106 Å². The Hall–Kier alpha value is -0.700.